The van der Waals surface area contributed by atoms with E-state index in [4.69, 9.17) is 0 Å². The van der Waals surface area contributed by atoms with E-state index in [0.29, 0.717) is 17.9 Å². The third-order valence-corrected chi connectivity index (χ3v) is 3.42. The Balaban J connectivity index is 2.89. The predicted molar refractivity (Wildman–Crippen MR) is 80.0 cm³/mol. The van der Waals surface area contributed by atoms with E-state index in [9.17, 15) is 19.5 Å². The van der Waals surface area contributed by atoms with Gasteiger partial charge < -0.3 is 10.1 Å². The summed E-state index contributed by atoms with van der Waals surface area (Å²) in [5.74, 6) is -0.809. The van der Waals surface area contributed by atoms with Crippen molar-refractivity contribution >= 4 is 17.0 Å². The number of aromatic amines is 1. The Hall–Kier alpha value is -2.37. The minimum Gasteiger partial charge on any atom is -0.478 e. The molecular weight excluding hydrogens is 272 g/mol. The molecule has 0 bridgehead atoms. The number of aromatic nitrogens is 2. The molecule has 0 radical (unpaired) electrons. The van der Waals surface area contributed by atoms with Gasteiger partial charge in [0.15, 0.2) is 0 Å². The minimum atomic E-state index is -1.13. The normalized spacial score (nSPS) is 12.8. The van der Waals surface area contributed by atoms with Crippen molar-refractivity contribution in [2.75, 3.05) is 0 Å². The van der Waals surface area contributed by atoms with Crippen LogP contribution in [0.5, 0.6) is 0 Å². The third kappa shape index (κ3) is 2.74. The number of nitrogens with one attached hydrogen (secondary N) is 1. The summed E-state index contributed by atoms with van der Waals surface area (Å²) in [6.45, 7) is 5.84. The van der Waals surface area contributed by atoms with Gasteiger partial charge in [-0.3, -0.25) is 14.2 Å². The van der Waals surface area contributed by atoms with Crippen LogP contribution < -0.4 is 11.1 Å². The van der Waals surface area contributed by atoms with Crippen LogP contribution in [-0.2, 0) is 0 Å². The zero-order chi connectivity index (χ0) is 15.7. The quantitative estimate of drug-likeness (QED) is 0.842. The molecule has 1 heterocycles. The number of para-hydroxylation sites is 1. The van der Waals surface area contributed by atoms with Gasteiger partial charge in [0.25, 0.3) is 0 Å². The Morgan fingerprint density at radius 2 is 1.95 bits per heavy atom. The fourth-order valence-corrected chi connectivity index (χ4v) is 2.67. The van der Waals surface area contributed by atoms with Gasteiger partial charge >= 0.3 is 17.1 Å². The molecule has 6 nitrogen and oxygen atoms in total. The monoisotopic (exact) mass is 290 g/mol. The van der Waals surface area contributed by atoms with Crippen LogP contribution in [0.2, 0.25) is 0 Å². The second kappa shape index (κ2) is 5.55. The topological polar surface area (TPSA) is 92.2 Å². The number of carboxylic acid groups (broad SMARTS) is 1. The van der Waals surface area contributed by atoms with E-state index >= 15 is 0 Å². The molecule has 0 fully saturated rings. The fraction of sp³-hybridized carbons (Fsp3) is 0.400. The lowest BCUT2D eigenvalue weighted by atomic mass is 10.0. The van der Waals surface area contributed by atoms with Gasteiger partial charge in [-0.2, -0.15) is 0 Å². The van der Waals surface area contributed by atoms with E-state index in [0.717, 1.165) is 0 Å². The molecule has 2 N–H and O–H groups in total. The number of carboxylic acids is 1. The smallest absolute Gasteiger partial charge is 0.337 e. The predicted octanol–water partition coefficient (Wildman–Crippen LogP) is 2.00. The van der Waals surface area contributed by atoms with Crippen molar-refractivity contribution in [2.45, 2.75) is 33.2 Å². The van der Waals surface area contributed by atoms with Crippen molar-refractivity contribution in [3.63, 3.8) is 0 Å². The summed E-state index contributed by atoms with van der Waals surface area (Å²) in [5.41, 5.74) is -0.820. The number of hydrogen-bond donors (Lipinski definition) is 2. The van der Waals surface area contributed by atoms with Crippen LogP contribution in [-0.4, -0.2) is 20.6 Å². The van der Waals surface area contributed by atoms with E-state index in [1.165, 1.54) is 10.6 Å². The van der Waals surface area contributed by atoms with Gasteiger partial charge in [0.05, 0.1) is 16.6 Å². The lowest BCUT2D eigenvalue weighted by Crippen LogP contribution is -2.38. The Labute approximate surface area is 121 Å². The second-order valence-electron chi connectivity index (χ2n) is 5.61. The minimum absolute atomic E-state index is 0.0106. The van der Waals surface area contributed by atoms with E-state index in [-0.39, 0.29) is 17.1 Å². The first kappa shape index (κ1) is 15.0. The number of H-pyrrole nitrogens is 1. The van der Waals surface area contributed by atoms with Crippen molar-refractivity contribution < 1.29 is 9.90 Å². The number of benzene rings is 1. The third-order valence-electron chi connectivity index (χ3n) is 3.42. The number of fused-ring (bicyclic) bond motifs is 1. The Bertz CT molecular complexity index is 801. The second-order valence-corrected chi connectivity index (χ2v) is 5.61. The molecule has 0 amide bonds. The zero-order valence-corrected chi connectivity index (χ0v) is 12.2. The zero-order valence-electron chi connectivity index (χ0n) is 12.2. The largest absolute Gasteiger partial charge is 0.478 e. The molecule has 0 aliphatic carbocycles. The fourth-order valence-electron chi connectivity index (χ4n) is 2.67. The lowest BCUT2D eigenvalue weighted by molar-refractivity contribution is 0.0698. The molecule has 6 heteroatoms. The number of rotatable bonds is 4. The van der Waals surface area contributed by atoms with Gasteiger partial charge in [0.2, 0.25) is 0 Å². The molecule has 2 aromatic rings. The highest BCUT2D eigenvalue weighted by molar-refractivity contribution is 6.00. The Kier molecular flexibility index (Phi) is 3.97. The number of hydrogen-bond acceptors (Lipinski definition) is 3. The van der Waals surface area contributed by atoms with Gasteiger partial charge in [-0.25, -0.2) is 4.79 Å². The van der Waals surface area contributed by atoms with Crippen molar-refractivity contribution in [2.24, 2.45) is 5.92 Å². The average Bonchev–Trinajstić information content (AvgIpc) is 2.38. The molecule has 1 aromatic heterocycles. The Morgan fingerprint density at radius 1 is 1.29 bits per heavy atom. The molecular formula is C15H18N2O4. The van der Waals surface area contributed by atoms with Crippen molar-refractivity contribution in [3.05, 3.63) is 44.5 Å². The highest BCUT2D eigenvalue weighted by atomic mass is 16.4. The first-order valence-corrected chi connectivity index (χ1v) is 6.83. The van der Waals surface area contributed by atoms with E-state index in [1.54, 1.807) is 12.1 Å². The summed E-state index contributed by atoms with van der Waals surface area (Å²) in [5, 5.41) is 9.32. The standard InChI is InChI=1S/C15H18N2O4/c1-8(2)7-9(3)17-12-10(15(20)21)5-4-6-11(12)16-13(18)14(17)19/h4-6,8-9H,7H2,1-3H3,(H,16,18)(H,20,21). The van der Waals surface area contributed by atoms with Crippen LogP contribution in [0.3, 0.4) is 0 Å². The molecule has 0 saturated carbocycles. The van der Waals surface area contributed by atoms with Gasteiger partial charge in [0, 0.05) is 6.04 Å². The van der Waals surface area contributed by atoms with Crippen LogP contribution in [0.1, 0.15) is 43.6 Å². The number of carbonyl (C=O) groups is 1. The molecule has 0 aliphatic heterocycles. The van der Waals surface area contributed by atoms with Crippen LogP contribution in [0.15, 0.2) is 27.8 Å². The van der Waals surface area contributed by atoms with Gasteiger partial charge in [-0.15, -0.1) is 0 Å². The van der Waals surface area contributed by atoms with Gasteiger partial charge in [-0.1, -0.05) is 19.9 Å². The number of nitrogens with zero attached hydrogens (tertiary/aromatic N) is 1. The van der Waals surface area contributed by atoms with Crippen LogP contribution in [0.25, 0.3) is 11.0 Å². The van der Waals surface area contributed by atoms with Crippen LogP contribution in [0.4, 0.5) is 0 Å². The summed E-state index contributed by atoms with van der Waals surface area (Å²) >= 11 is 0. The van der Waals surface area contributed by atoms with Gasteiger partial charge in [0.1, 0.15) is 0 Å². The van der Waals surface area contributed by atoms with E-state index in [1.807, 2.05) is 20.8 Å². The van der Waals surface area contributed by atoms with Crippen molar-refractivity contribution in [3.8, 4) is 0 Å². The molecule has 0 aliphatic rings. The maximum atomic E-state index is 12.2. The molecule has 1 aromatic carbocycles. The van der Waals surface area contributed by atoms with Crippen molar-refractivity contribution in [1.29, 1.82) is 0 Å². The van der Waals surface area contributed by atoms with Crippen LogP contribution in [0, 0.1) is 5.92 Å². The molecule has 21 heavy (non-hydrogen) atoms. The highest BCUT2D eigenvalue weighted by Gasteiger charge is 2.19. The molecule has 1 atom stereocenters. The first-order valence-electron chi connectivity index (χ1n) is 6.83. The summed E-state index contributed by atoms with van der Waals surface area (Å²) in [6.07, 6.45) is 0.673. The lowest BCUT2D eigenvalue weighted by Gasteiger charge is -2.20. The molecule has 112 valence electrons. The summed E-state index contributed by atoms with van der Waals surface area (Å²) < 4.78 is 1.30. The maximum Gasteiger partial charge on any atom is 0.337 e. The molecule has 1 unspecified atom stereocenters. The molecule has 0 saturated heterocycles. The van der Waals surface area contributed by atoms with Crippen LogP contribution >= 0.6 is 0 Å². The first-order chi connectivity index (χ1) is 9.82. The van der Waals surface area contributed by atoms with E-state index < -0.39 is 17.1 Å². The maximum absolute atomic E-state index is 12.2. The SMILES string of the molecule is CC(C)CC(C)n1c(=O)c(=O)[nH]c2cccc(C(=O)O)c21. The van der Waals surface area contributed by atoms with E-state index in [2.05, 4.69) is 4.98 Å². The summed E-state index contributed by atoms with van der Waals surface area (Å²) in [4.78, 5) is 37.8. The Morgan fingerprint density at radius 3 is 2.52 bits per heavy atom. The average molecular weight is 290 g/mol. The van der Waals surface area contributed by atoms with Gasteiger partial charge in [-0.05, 0) is 31.4 Å². The molecule has 0 spiro atoms. The van der Waals surface area contributed by atoms with Crippen molar-refractivity contribution in [1.82, 2.24) is 9.55 Å². The molecule has 2 rings (SSSR count). The highest BCUT2D eigenvalue weighted by Crippen LogP contribution is 2.22. The summed E-state index contributed by atoms with van der Waals surface area (Å²) in [7, 11) is 0. The summed E-state index contributed by atoms with van der Waals surface area (Å²) in [6, 6.07) is 4.31. The number of aromatic carboxylic acids is 1.